The molecule has 2 aromatic carbocycles. The molecule has 1 unspecified atom stereocenters. The molecular formula is C19H16NaO7. The minimum atomic E-state index is -1.33. The van der Waals surface area contributed by atoms with E-state index in [1.165, 1.54) is 6.07 Å². The molecule has 0 fully saturated rings. The number of carboxylic acids is 1. The van der Waals surface area contributed by atoms with Crippen LogP contribution in [0.5, 0.6) is 11.5 Å². The van der Waals surface area contributed by atoms with Crippen LogP contribution < -0.4 is 14.9 Å². The SMILES string of the molecule is O=C(O)c1cc(=O)c2c(OCC(O)COc3ccccc3)cccc2o1.[Na]. The Balaban J connectivity index is 0.00000261. The van der Waals surface area contributed by atoms with Gasteiger partial charge in [0.05, 0.1) is 0 Å². The average molecular weight is 379 g/mol. The zero-order chi connectivity index (χ0) is 18.5. The number of rotatable bonds is 7. The number of ether oxygens (including phenoxy) is 2. The monoisotopic (exact) mass is 379 g/mol. The maximum Gasteiger partial charge on any atom is 0.371 e. The summed E-state index contributed by atoms with van der Waals surface area (Å²) in [5, 5.41) is 19.1. The van der Waals surface area contributed by atoms with Gasteiger partial charge in [0, 0.05) is 35.6 Å². The van der Waals surface area contributed by atoms with Crippen LogP contribution in [0.3, 0.4) is 0 Å². The van der Waals surface area contributed by atoms with Crippen LogP contribution in [0.15, 0.2) is 63.8 Å². The first-order valence-electron chi connectivity index (χ1n) is 7.83. The second kappa shape index (κ2) is 9.57. The van der Waals surface area contributed by atoms with Crippen molar-refractivity contribution >= 4 is 46.5 Å². The number of aliphatic hydroxyl groups is 1. The van der Waals surface area contributed by atoms with Crippen LogP contribution in [0, 0.1) is 0 Å². The molecule has 8 heteroatoms. The molecule has 0 amide bonds. The predicted octanol–water partition coefficient (Wildman–Crippen LogP) is 1.93. The number of hydrogen-bond donors (Lipinski definition) is 2. The van der Waals surface area contributed by atoms with Gasteiger partial charge in [0.2, 0.25) is 5.76 Å². The molecule has 1 atom stereocenters. The number of benzene rings is 2. The summed E-state index contributed by atoms with van der Waals surface area (Å²) in [6.45, 7) is -0.0847. The fraction of sp³-hybridized carbons (Fsp3) is 0.158. The van der Waals surface area contributed by atoms with Crippen molar-refractivity contribution in [3.8, 4) is 11.5 Å². The Kier molecular flexibility index (Phi) is 7.44. The third-order valence-corrected chi connectivity index (χ3v) is 3.54. The first-order valence-corrected chi connectivity index (χ1v) is 7.83. The second-order valence-corrected chi connectivity index (χ2v) is 5.50. The number of fused-ring (bicyclic) bond motifs is 1. The summed E-state index contributed by atoms with van der Waals surface area (Å²) in [4.78, 5) is 23.2. The van der Waals surface area contributed by atoms with E-state index >= 15 is 0 Å². The molecule has 0 saturated heterocycles. The molecule has 0 saturated carbocycles. The minimum Gasteiger partial charge on any atom is -0.491 e. The maximum absolute atomic E-state index is 12.2. The first kappa shape index (κ1) is 21.0. The number of aliphatic hydroxyl groups excluding tert-OH is 1. The van der Waals surface area contributed by atoms with E-state index in [4.69, 9.17) is 19.0 Å². The molecule has 7 nitrogen and oxygen atoms in total. The summed E-state index contributed by atoms with van der Waals surface area (Å²) < 4.78 is 16.1. The fourth-order valence-electron chi connectivity index (χ4n) is 2.35. The van der Waals surface area contributed by atoms with Gasteiger partial charge >= 0.3 is 5.97 Å². The van der Waals surface area contributed by atoms with Crippen molar-refractivity contribution in [2.24, 2.45) is 0 Å². The Morgan fingerprint density at radius 2 is 1.74 bits per heavy atom. The number of hydrogen-bond acceptors (Lipinski definition) is 6. The number of aromatic carboxylic acids is 1. The largest absolute Gasteiger partial charge is 0.491 e. The quantitative estimate of drug-likeness (QED) is 0.604. The third kappa shape index (κ3) is 5.33. The van der Waals surface area contributed by atoms with E-state index in [-0.39, 0.29) is 59.5 Å². The van der Waals surface area contributed by atoms with Crippen LogP contribution >= 0.6 is 0 Å². The van der Waals surface area contributed by atoms with Crippen molar-refractivity contribution in [1.29, 1.82) is 0 Å². The molecule has 1 heterocycles. The Morgan fingerprint density at radius 3 is 2.44 bits per heavy atom. The van der Waals surface area contributed by atoms with Crippen LogP contribution in [0.2, 0.25) is 0 Å². The summed E-state index contributed by atoms with van der Waals surface area (Å²) in [6.07, 6.45) is -0.921. The Labute approximate surface area is 176 Å². The van der Waals surface area contributed by atoms with Crippen molar-refractivity contribution in [2.75, 3.05) is 13.2 Å². The van der Waals surface area contributed by atoms with Crippen LogP contribution in [0.25, 0.3) is 11.0 Å². The van der Waals surface area contributed by atoms with Gasteiger partial charge in [-0.25, -0.2) is 4.79 Å². The predicted molar refractivity (Wildman–Crippen MR) is 98.6 cm³/mol. The molecule has 135 valence electrons. The molecule has 0 bridgehead atoms. The molecule has 2 N–H and O–H groups in total. The molecule has 27 heavy (non-hydrogen) atoms. The van der Waals surface area contributed by atoms with Gasteiger partial charge in [-0.15, -0.1) is 0 Å². The van der Waals surface area contributed by atoms with Gasteiger partial charge in [-0.1, -0.05) is 24.3 Å². The molecule has 1 radical (unpaired) electrons. The first-order chi connectivity index (χ1) is 12.5. The van der Waals surface area contributed by atoms with E-state index in [1.807, 2.05) is 18.2 Å². The number of para-hydroxylation sites is 1. The topological polar surface area (TPSA) is 106 Å². The molecule has 0 aliphatic rings. The van der Waals surface area contributed by atoms with Crippen LogP contribution in [0.1, 0.15) is 10.6 Å². The molecule has 3 aromatic rings. The average Bonchev–Trinajstić information content (AvgIpc) is 2.65. The van der Waals surface area contributed by atoms with Gasteiger partial charge in [-0.3, -0.25) is 4.79 Å². The van der Waals surface area contributed by atoms with Gasteiger partial charge in [-0.05, 0) is 24.3 Å². The van der Waals surface area contributed by atoms with E-state index in [1.54, 1.807) is 24.3 Å². The van der Waals surface area contributed by atoms with Crippen molar-refractivity contribution in [3.63, 3.8) is 0 Å². The molecule has 0 aliphatic carbocycles. The number of carbonyl (C=O) groups is 1. The molecule has 3 rings (SSSR count). The summed E-state index contributed by atoms with van der Waals surface area (Å²) >= 11 is 0. The van der Waals surface area contributed by atoms with E-state index < -0.39 is 23.3 Å². The summed E-state index contributed by atoms with van der Waals surface area (Å²) in [7, 11) is 0. The van der Waals surface area contributed by atoms with Gasteiger partial charge in [0.1, 0.15) is 41.8 Å². The summed E-state index contributed by atoms with van der Waals surface area (Å²) in [6, 6.07) is 14.5. The smallest absolute Gasteiger partial charge is 0.371 e. The standard InChI is InChI=1S/C19H16O7.Na/c20-12(10-24-13-5-2-1-3-6-13)11-25-15-7-4-8-16-18(15)14(21)9-17(26-16)19(22)23;/h1-9,12,20H,10-11H2,(H,22,23);. The van der Waals surface area contributed by atoms with Crippen molar-refractivity contribution in [2.45, 2.75) is 6.10 Å². The normalized spacial score (nSPS) is 11.4. The Hall–Kier alpha value is -2.32. The van der Waals surface area contributed by atoms with Crippen molar-refractivity contribution in [1.82, 2.24) is 0 Å². The van der Waals surface area contributed by atoms with Crippen LogP contribution in [0.4, 0.5) is 0 Å². The van der Waals surface area contributed by atoms with E-state index in [0.29, 0.717) is 5.75 Å². The second-order valence-electron chi connectivity index (χ2n) is 5.50. The summed E-state index contributed by atoms with van der Waals surface area (Å²) in [5.41, 5.74) is -0.434. The Morgan fingerprint density at radius 1 is 1.04 bits per heavy atom. The third-order valence-electron chi connectivity index (χ3n) is 3.54. The molecular weight excluding hydrogens is 363 g/mol. The van der Waals surface area contributed by atoms with Gasteiger partial charge < -0.3 is 24.1 Å². The number of carboxylic acid groups (broad SMARTS) is 1. The molecule has 1 aromatic heterocycles. The van der Waals surface area contributed by atoms with Gasteiger partial charge in [0.25, 0.3) is 0 Å². The van der Waals surface area contributed by atoms with E-state index in [2.05, 4.69) is 0 Å². The maximum atomic E-state index is 12.2. The van der Waals surface area contributed by atoms with Crippen molar-refractivity contribution in [3.05, 3.63) is 70.6 Å². The van der Waals surface area contributed by atoms with E-state index in [0.717, 1.165) is 6.07 Å². The summed E-state index contributed by atoms with van der Waals surface area (Å²) in [5.74, 6) is -0.953. The zero-order valence-electron chi connectivity index (χ0n) is 14.6. The zero-order valence-corrected chi connectivity index (χ0v) is 16.6. The van der Waals surface area contributed by atoms with Crippen molar-refractivity contribution < 1.29 is 28.9 Å². The Bertz CT molecular complexity index is 969. The fourth-order valence-corrected chi connectivity index (χ4v) is 2.35. The minimum absolute atomic E-state index is 0. The van der Waals surface area contributed by atoms with Gasteiger partial charge in [-0.2, -0.15) is 0 Å². The van der Waals surface area contributed by atoms with Crippen LogP contribution in [-0.2, 0) is 0 Å². The molecule has 0 aliphatic heterocycles. The van der Waals surface area contributed by atoms with Gasteiger partial charge in [0.15, 0.2) is 5.43 Å². The molecule has 0 spiro atoms. The van der Waals surface area contributed by atoms with E-state index in [9.17, 15) is 14.7 Å². The van der Waals surface area contributed by atoms with Crippen LogP contribution in [-0.4, -0.2) is 65.1 Å².